The maximum atomic E-state index is 12.0. The maximum absolute atomic E-state index is 12.0. The summed E-state index contributed by atoms with van der Waals surface area (Å²) in [7, 11) is -3.31. The Morgan fingerprint density at radius 3 is 2.29 bits per heavy atom. The Hall–Kier alpha value is -0.460. The van der Waals surface area contributed by atoms with Crippen LogP contribution in [0.5, 0.6) is 0 Å². The van der Waals surface area contributed by atoms with E-state index in [-0.39, 0.29) is 17.5 Å². The van der Waals surface area contributed by atoms with Crippen molar-refractivity contribution in [2.24, 2.45) is 5.92 Å². The van der Waals surface area contributed by atoms with E-state index in [1.54, 1.807) is 0 Å². The van der Waals surface area contributed by atoms with Crippen molar-refractivity contribution in [3.05, 3.63) is 0 Å². The van der Waals surface area contributed by atoms with E-state index in [1.165, 1.54) is 0 Å². The highest BCUT2D eigenvalue weighted by atomic mass is 32.2. The molecule has 1 atom stereocenters. The molecule has 2 fully saturated rings. The molecule has 6 heteroatoms. The van der Waals surface area contributed by atoms with Crippen LogP contribution in [0.15, 0.2) is 0 Å². The third-order valence-electron chi connectivity index (χ3n) is 3.40. The fourth-order valence-electron chi connectivity index (χ4n) is 2.26. The smallest absolute Gasteiger partial charge is 0.160 e. The lowest BCUT2D eigenvalue weighted by atomic mass is 10.1. The van der Waals surface area contributed by atoms with Crippen LogP contribution >= 0.6 is 0 Å². The highest BCUT2D eigenvalue weighted by Crippen LogP contribution is 2.20. The van der Waals surface area contributed by atoms with Crippen molar-refractivity contribution < 1.29 is 22.7 Å². The van der Waals surface area contributed by atoms with Gasteiger partial charge in [0.1, 0.15) is 5.75 Å². The van der Waals surface area contributed by atoms with E-state index in [0.717, 1.165) is 0 Å². The molecule has 0 aromatic heterocycles. The second-order valence-electron chi connectivity index (χ2n) is 4.65. The van der Waals surface area contributed by atoms with Gasteiger partial charge < -0.3 is 9.47 Å². The zero-order valence-electron chi connectivity index (χ0n) is 9.76. The van der Waals surface area contributed by atoms with Gasteiger partial charge in [-0.3, -0.25) is 4.79 Å². The van der Waals surface area contributed by atoms with Gasteiger partial charge in [0.05, 0.1) is 11.9 Å². The maximum Gasteiger partial charge on any atom is 0.160 e. The van der Waals surface area contributed by atoms with Gasteiger partial charge in [0.25, 0.3) is 0 Å². The Kier molecular flexibility index (Phi) is 4.17. The number of Topliss-reactive ketones (excluding diaryl/α,β-unsaturated/α-hetero) is 1. The van der Waals surface area contributed by atoms with Crippen molar-refractivity contribution in [3.8, 4) is 0 Å². The van der Waals surface area contributed by atoms with Crippen molar-refractivity contribution in [2.75, 3.05) is 32.2 Å². The molecule has 2 aliphatic heterocycles. The Balaban J connectivity index is 1.93. The van der Waals surface area contributed by atoms with Gasteiger partial charge in [-0.15, -0.1) is 0 Å². The first-order valence-corrected chi connectivity index (χ1v) is 7.71. The van der Waals surface area contributed by atoms with Crippen LogP contribution in [0.4, 0.5) is 0 Å². The van der Waals surface area contributed by atoms with E-state index in [0.29, 0.717) is 45.7 Å². The number of carbonyl (C=O) groups is 1. The molecule has 0 aromatic rings. The van der Waals surface area contributed by atoms with E-state index < -0.39 is 15.1 Å². The van der Waals surface area contributed by atoms with Crippen LogP contribution in [0.3, 0.4) is 0 Å². The monoisotopic (exact) mass is 262 g/mol. The second-order valence-corrected chi connectivity index (χ2v) is 6.93. The number of carbonyl (C=O) groups excluding carboxylic acids is 1. The van der Waals surface area contributed by atoms with Crippen LogP contribution in [0, 0.1) is 5.92 Å². The lowest BCUT2D eigenvalue weighted by Gasteiger charge is -2.22. The molecule has 2 heterocycles. The standard InChI is InChI=1S/C11H18O5S/c12-11(9-1-4-16-7-9)8-17(13,14)10-2-5-15-6-3-10/h9-10H,1-8H2. The van der Waals surface area contributed by atoms with Gasteiger partial charge in [0.2, 0.25) is 0 Å². The lowest BCUT2D eigenvalue weighted by molar-refractivity contribution is -0.120. The minimum Gasteiger partial charge on any atom is -0.381 e. The molecule has 0 radical (unpaired) electrons. The summed E-state index contributed by atoms with van der Waals surface area (Å²) in [6.45, 7) is 1.89. The fraction of sp³-hybridized carbons (Fsp3) is 0.909. The molecule has 2 saturated heterocycles. The molecule has 5 nitrogen and oxygen atoms in total. The van der Waals surface area contributed by atoms with Crippen molar-refractivity contribution in [1.82, 2.24) is 0 Å². The fourth-order valence-corrected chi connectivity index (χ4v) is 4.04. The minimum atomic E-state index is -3.31. The van der Waals surface area contributed by atoms with Crippen LogP contribution in [0.25, 0.3) is 0 Å². The summed E-state index contributed by atoms with van der Waals surface area (Å²) in [4.78, 5) is 11.8. The SMILES string of the molecule is O=C(CS(=O)(=O)C1CCOCC1)C1CCOC1. The summed E-state index contributed by atoms with van der Waals surface area (Å²) in [5.41, 5.74) is 0. The normalized spacial score (nSPS) is 27.2. The third-order valence-corrected chi connectivity index (χ3v) is 5.58. The van der Waals surface area contributed by atoms with Gasteiger partial charge >= 0.3 is 0 Å². The number of sulfone groups is 1. The zero-order chi connectivity index (χ0) is 12.3. The number of hydrogen-bond donors (Lipinski definition) is 0. The van der Waals surface area contributed by atoms with Gasteiger partial charge in [-0.2, -0.15) is 0 Å². The summed E-state index contributed by atoms with van der Waals surface area (Å²) in [5.74, 6) is -0.732. The largest absolute Gasteiger partial charge is 0.381 e. The molecule has 0 N–H and O–H groups in total. The molecule has 0 aliphatic carbocycles. The van der Waals surface area contributed by atoms with Crippen molar-refractivity contribution >= 4 is 15.6 Å². The Morgan fingerprint density at radius 1 is 1.06 bits per heavy atom. The molecule has 1 unspecified atom stereocenters. The average Bonchev–Trinajstić information content (AvgIpc) is 2.83. The zero-order valence-corrected chi connectivity index (χ0v) is 10.6. The summed E-state index contributed by atoms with van der Waals surface area (Å²) in [6, 6.07) is 0. The van der Waals surface area contributed by atoms with Gasteiger partial charge in [-0.1, -0.05) is 0 Å². The molecule has 17 heavy (non-hydrogen) atoms. The van der Waals surface area contributed by atoms with Gasteiger partial charge in [-0.05, 0) is 19.3 Å². The van der Waals surface area contributed by atoms with Gasteiger partial charge in [-0.25, -0.2) is 8.42 Å². The summed E-state index contributed by atoms with van der Waals surface area (Å²) < 4.78 is 34.3. The molecule has 98 valence electrons. The van der Waals surface area contributed by atoms with Crippen molar-refractivity contribution in [3.63, 3.8) is 0 Å². The number of rotatable bonds is 4. The Bertz CT molecular complexity index is 363. The first-order valence-electron chi connectivity index (χ1n) is 5.99. The minimum absolute atomic E-state index is 0.186. The van der Waals surface area contributed by atoms with Crippen LogP contribution in [-0.2, 0) is 24.1 Å². The molecule has 0 bridgehead atoms. The van der Waals surface area contributed by atoms with E-state index in [1.807, 2.05) is 0 Å². The first-order chi connectivity index (χ1) is 8.09. The van der Waals surface area contributed by atoms with E-state index in [4.69, 9.17) is 9.47 Å². The number of hydrogen-bond acceptors (Lipinski definition) is 5. The van der Waals surface area contributed by atoms with E-state index in [2.05, 4.69) is 0 Å². The molecule has 0 saturated carbocycles. The Morgan fingerprint density at radius 2 is 1.71 bits per heavy atom. The number of ether oxygens (including phenoxy) is 2. The molecular formula is C11H18O5S. The first kappa shape index (κ1) is 13.0. The van der Waals surface area contributed by atoms with E-state index in [9.17, 15) is 13.2 Å². The highest BCUT2D eigenvalue weighted by molar-refractivity contribution is 7.92. The van der Waals surface area contributed by atoms with Gasteiger partial charge in [0.15, 0.2) is 15.6 Å². The quantitative estimate of drug-likeness (QED) is 0.723. The number of ketones is 1. The topological polar surface area (TPSA) is 69.7 Å². The molecule has 0 aromatic carbocycles. The molecule has 2 rings (SSSR count). The molecular weight excluding hydrogens is 244 g/mol. The van der Waals surface area contributed by atoms with Gasteiger partial charge in [0, 0.05) is 25.7 Å². The lowest BCUT2D eigenvalue weighted by Crippen LogP contribution is -2.35. The van der Waals surface area contributed by atoms with E-state index >= 15 is 0 Å². The predicted molar refractivity (Wildman–Crippen MR) is 61.6 cm³/mol. The van der Waals surface area contributed by atoms with Crippen LogP contribution in [0.1, 0.15) is 19.3 Å². The third kappa shape index (κ3) is 3.26. The highest BCUT2D eigenvalue weighted by Gasteiger charge is 2.33. The van der Waals surface area contributed by atoms with Crippen molar-refractivity contribution in [1.29, 1.82) is 0 Å². The molecule has 0 spiro atoms. The predicted octanol–water partition coefficient (Wildman–Crippen LogP) is 0.186. The summed E-state index contributed by atoms with van der Waals surface area (Å²) in [5, 5.41) is -0.400. The average molecular weight is 262 g/mol. The molecule has 2 aliphatic rings. The van der Waals surface area contributed by atoms with Crippen LogP contribution in [-0.4, -0.2) is 51.6 Å². The Labute approximate surface area is 101 Å². The summed E-state index contributed by atoms with van der Waals surface area (Å²) >= 11 is 0. The van der Waals surface area contributed by atoms with Crippen LogP contribution in [0.2, 0.25) is 0 Å². The molecule has 0 amide bonds. The summed E-state index contributed by atoms with van der Waals surface area (Å²) in [6.07, 6.45) is 1.68. The van der Waals surface area contributed by atoms with Crippen LogP contribution < -0.4 is 0 Å². The second kappa shape index (κ2) is 5.46. The van der Waals surface area contributed by atoms with Crippen molar-refractivity contribution in [2.45, 2.75) is 24.5 Å².